The number of hydrogen-bond acceptors (Lipinski definition) is 6. The summed E-state index contributed by atoms with van der Waals surface area (Å²) < 4.78 is 16.1. The molecule has 0 fully saturated rings. The van der Waals surface area contributed by atoms with Gasteiger partial charge in [-0.3, -0.25) is 9.59 Å². The fourth-order valence-electron chi connectivity index (χ4n) is 3.14. The molecule has 1 N–H and O–H groups in total. The molecule has 1 amide bonds. The Morgan fingerprint density at radius 2 is 1.92 bits per heavy atom. The summed E-state index contributed by atoms with van der Waals surface area (Å²) in [5, 5.41) is 10.3. The van der Waals surface area contributed by atoms with Crippen molar-refractivity contribution >= 4 is 11.7 Å². The van der Waals surface area contributed by atoms with E-state index >= 15 is 0 Å². The highest BCUT2D eigenvalue weighted by molar-refractivity contribution is 6.15. The van der Waals surface area contributed by atoms with Gasteiger partial charge >= 0.3 is 0 Å². The van der Waals surface area contributed by atoms with Gasteiger partial charge in [-0.05, 0) is 25.1 Å². The number of ketones is 1. The summed E-state index contributed by atoms with van der Waals surface area (Å²) in [6.45, 7) is 1.71. The van der Waals surface area contributed by atoms with Crippen LogP contribution in [0.1, 0.15) is 27.9 Å². The minimum Gasteiger partial charge on any atom is -0.503 e. The number of amides is 1. The molecular weight excluding hydrogens is 338 g/mol. The Morgan fingerprint density at radius 3 is 2.50 bits per heavy atom. The van der Waals surface area contributed by atoms with Gasteiger partial charge in [-0.1, -0.05) is 12.1 Å². The number of Topliss-reactive ketones (excluding diaryl/α,β-unsaturated/α-hetero) is 1. The highest BCUT2D eigenvalue weighted by atomic mass is 16.5. The van der Waals surface area contributed by atoms with Crippen LogP contribution in [0.25, 0.3) is 0 Å². The SMILES string of the molecule is COc1cccc(C2C(C(=O)c3ccc(C)o3)=C(O)C(=O)N2C)c1OC. The summed E-state index contributed by atoms with van der Waals surface area (Å²) in [4.78, 5) is 26.6. The molecule has 1 aromatic heterocycles. The Labute approximate surface area is 150 Å². The Morgan fingerprint density at radius 1 is 1.19 bits per heavy atom. The van der Waals surface area contributed by atoms with Crippen LogP contribution >= 0.6 is 0 Å². The zero-order chi connectivity index (χ0) is 19.0. The molecule has 0 aliphatic carbocycles. The quantitative estimate of drug-likeness (QED) is 0.828. The van der Waals surface area contributed by atoms with E-state index in [0.29, 0.717) is 22.8 Å². The molecule has 2 aromatic rings. The van der Waals surface area contributed by atoms with Crippen LogP contribution in [0.3, 0.4) is 0 Å². The molecule has 1 aliphatic rings. The normalized spacial score (nSPS) is 17.0. The van der Waals surface area contributed by atoms with E-state index in [1.165, 1.54) is 32.2 Å². The maximum absolute atomic E-state index is 12.9. The van der Waals surface area contributed by atoms with Crippen molar-refractivity contribution in [3.63, 3.8) is 0 Å². The molecule has 7 heteroatoms. The van der Waals surface area contributed by atoms with Crippen LogP contribution in [0.5, 0.6) is 11.5 Å². The third-order valence-corrected chi connectivity index (χ3v) is 4.38. The first kappa shape index (κ1) is 17.6. The van der Waals surface area contributed by atoms with Gasteiger partial charge in [0.25, 0.3) is 5.91 Å². The van der Waals surface area contributed by atoms with Crippen molar-refractivity contribution in [2.75, 3.05) is 21.3 Å². The van der Waals surface area contributed by atoms with Crippen molar-refractivity contribution < 1.29 is 28.6 Å². The largest absolute Gasteiger partial charge is 0.503 e. The van der Waals surface area contributed by atoms with Crippen LogP contribution in [0.2, 0.25) is 0 Å². The zero-order valence-corrected chi connectivity index (χ0v) is 14.9. The summed E-state index contributed by atoms with van der Waals surface area (Å²) in [5.74, 6) is -0.343. The van der Waals surface area contributed by atoms with Gasteiger partial charge < -0.3 is 23.9 Å². The van der Waals surface area contributed by atoms with Gasteiger partial charge in [-0.25, -0.2) is 0 Å². The number of nitrogens with zero attached hydrogens (tertiary/aromatic N) is 1. The number of aliphatic hydroxyl groups excluding tert-OH is 1. The fourth-order valence-corrected chi connectivity index (χ4v) is 3.14. The lowest BCUT2D eigenvalue weighted by atomic mass is 9.94. The number of likely N-dealkylation sites (N-methyl/N-ethyl adjacent to an activating group) is 1. The number of hydrogen-bond donors (Lipinski definition) is 1. The first-order valence-corrected chi connectivity index (χ1v) is 7.93. The molecule has 26 heavy (non-hydrogen) atoms. The minimum absolute atomic E-state index is 0.0546. The number of methoxy groups -OCH3 is 2. The van der Waals surface area contributed by atoms with Crippen LogP contribution in [0.4, 0.5) is 0 Å². The molecule has 1 aromatic carbocycles. The molecule has 2 heterocycles. The van der Waals surface area contributed by atoms with Crippen LogP contribution in [-0.4, -0.2) is 43.0 Å². The highest BCUT2D eigenvalue weighted by Gasteiger charge is 2.44. The van der Waals surface area contributed by atoms with Crippen molar-refractivity contribution in [3.05, 3.63) is 58.7 Å². The first-order chi connectivity index (χ1) is 12.4. The predicted molar refractivity (Wildman–Crippen MR) is 92.5 cm³/mol. The second-order valence-corrected chi connectivity index (χ2v) is 5.90. The molecule has 0 saturated heterocycles. The number of para-hydroxylation sites is 1. The van der Waals surface area contributed by atoms with Crippen molar-refractivity contribution in [2.24, 2.45) is 0 Å². The maximum Gasteiger partial charge on any atom is 0.289 e. The van der Waals surface area contributed by atoms with Gasteiger partial charge in [0.05, 0.1) is 25.8 Å². The summed E-state index contributed by atoms with van der Waals surface area (Å²) in [7, 11) is 4.48. The summed E-state index contributed by atoms with van der Waals surface area (Å²) in [6, 6.07) is 7.48. The number of aliphatic hydroxyl groups is 1. The number of carbonyl (C=O) groups excluding carboxylic acids is 2. The Balaban J connectivity index is 2.17. The molecule has 0 saturated carbocycles. The van der Waals surface area contributed by atoms with Crippen LogP contribution in [0.15, 0.2) is 46.1 Å². The molecular formula is C19H19NO6. The van der Waals surface area contributed by atoms with Crippen molar-refractivity contribution in [3.8, 4) is 11.5 Å². The van der Waals surface area contributed by atoms with Crippen LogP contribution in [-0.2, 0) is 4.79 Å². The Hall–Kier alpha value is -3.22. The van der Waals surface area contributed by atoms with E-state index in [1.54, 1.807) is 31.2 Å². The Bertz CT molecular complexity index is 911. The van der Waals surface area contributed by atoms with E-state index < -0.39 is 23.5 Å². The lowest BCUT2D eigenvalue weighted by molar-refractivity contribution is -0.128. The van der Waals surface area contributed by atoms with Crippen molar-refractivity contribution in [2.45, 2.75) is 13.0 Å². The molecule has 0 spiro atoms. The minimum atomic E-state index is -0.828. The summed E-state index contributed by atoms with van der Waals surface area (Å²) in [6.07, 6.45) is 0. The number of carbonyl (C=O) groups is 2. The van der Waals surface area contributed by atoms with Gasteiger partial charge in [0.1, 0.15) is 5.76 Å². The standard InChI is InChI=1S/C19H19NO6/c1-10-8-9-12(26-10)16(21)14-15(20(2)19(23)17(14)22)11-6-5-7-13(24-3)18(11)25-4/h5-9,15,22H,1-4H3. The van der Waals surface area contributed by atoms with E-state index in [9.17, 15) is 14.7 Å². The lowest BCUT2D eigenvalue weighted by Gasteiger charge is -2.24. The van der Waals surface area contributed by atoms with Gasteiger partial charge in [-0.15, -0.1) is 0 Å². The lowest BCUT2D eigenvalue weighted by Crippen LogP contribution is -2.27. The highest BCUT2D eigenvalue weighted by Crippen LogP contribution is 2.44. The molecule has 1 unspecified atom stereocenters. The molecule has 0 bridgehead atoms. The first-order valence-electron chi connectivity index (χ1n) is 7.93. The second-order valence-electron chi connectivity index (χ2n) is 5.90. The molecule has 0 radical (unpaired) electrons. The third kappa shape index (κ3) is 2.61. The number of rotatable bonds is 5. The monoisotopic (exact) mass is 357 g/mol. The van der Waals surface area contributed by atoms with E-state index in [0.717, 1.165) is 0 Å². The summed E-state index contributed by atoms with van der Waals surface area (Å²) in [5.41, 5.74) is 0.469. The summed E-state index contributed by atoms with van der Waals surface area (Å²) >= 11 is 0. The molecule has 7 nitrogen and oxygen atoms in total. The van der Waals surface area contributed by atoms with E-state index in [4.69, 9.17) is 13.9 Å². The van der Waals surface area contributed by atoms with Crippen LogP contribution < -0.4 is 9.47 Å². The number of aryl methyl sites for hydroxylation is 1. The molecule has 3 rings (SSSR count). The molecule has 1 atom stereocenters. The van der Waals surface area contributed by atoms with Crippen LogP contribution in [0, 0.1) is 6.92 Å². The third-order valence-electron chi connectivity index (χ3n) is 4.38. The molecule has 136 valence electrons. The average Bonchev–Trinajstić information content (AvgIpc) is 3.17. The van der Waals surface area contributed by atoms with Crippen molar-refractivity contribution in [1.82, 2.24) is 4.90 Å². The van der Waals surface area contributed by atoms with Crippen molar-refractivity contribution in [1.29, 1.82) is 0 Å². The number of furan rings is 1. The van der Waals surface area contributed by atoms with Gasteiger partial charge in [0.2, 0.25) is 5.78 Å². The fraction of sp³-hybridized carbons (Fsp3) is 0.263. The second kappa shape index (κ2) is 6.59. The number of ether oxygens (including phenoxy) is 2. The predicted octanol–water partition coefficient (Wildman–Crippen LogP) is 2.81. The average molecular weight is 357 g/mol. The Kier molecular flexibility index (Phi) is 4.46. The number of benzene rings is 1. The van der Waals surface area contributed by atoms with E-state index in [1.807, 2.05) is 0 Å². The smallest absolute Gasteiger partial charge is 0.289 e. The van der Waals surface area contributed by atoms with E-state index in [-0.39, 0.29) is 11.3 Å². The molecule has 1 aliphatic heterocycles. The maximum atomic E-state index is 12.9. The van der Waals surface area contributed by atoms with Gasteiger partial charge in [0, 0.05) is 12.6 Å². The van der Waals surface area contributed by atoms with E-state index in [2.05, 4.69) is 0 Å². The zero-order valence-electron chi connectivity index (χ0n) is 14.9. The van der Waals surface area contributed by atoms with Gasteiger partial charge in [-0.2, -0.15) is 0 Å². The van der Waals surface area contributed by atoms with Gasteiger partial charge in [0.15, 0.2) is 23.0 Å². The topological polar surface area (TPSA) is 89.2 Å².